The zero-order valence-electron chi connectivity index (χ0n) is 17.1. The second-order valence-electron chi connectivity index (χ2n) is 7.16. The minimum atomic E-state index is -3.30. The Labute approximate surface area is 167 Å². The van der Waals surface area contributed by atoms with Gasteiger partial charge >= 0.3 is 0 Å². The Hall–Kier alpha value is -2.00. The molecule has 158 valence electrons. The van der Waals surface area contributed by atoms with Crippen molar-refractivity contribution in [3.63, 3.8) is 0 Å². The molecule has 0 saturated heterocycles. The minimum absolute atomic E-state index is 0.0977. The first-order chi connectivity index (χ1) is 13.2. The summed E-state index contributed by atoms with van der Waals surface area (Å²) in [5.41, 5.74) is 0.558. The summed E-state index contributed by atoms with van der Waals surface area (Å²) < 4.78 is 42.6. The highest BCUT2D eigenvalue weighted by Gasteiger charge is 2.29. The van der Waals surface area contributed by atoms with E-state index in [1.807, 2.05) is 0 Å². The molecule has 1 saturated carbocycles. The van der Waals surface area contributed by atoms with E-state index in [0.29, 0.717) is 48.6 Å². The number of carbonyl (C=O) groups excluding carboxylic acids is 1. The van der Waals surface area contributed by atoms with Crippen molar-refractivity contribution in [2.45, 2.75) is 50.8 Å². The molecule has 1 fully saturated rings. The fourth-order valence-corrected chi connectivity index (χ4v) is 4.21. The quantitative estimate of drug-likeness (QED) is 0.678. The van der Waals surface area contributed by atoms with Crippen LogP contribution in [-0.4, -0.2) is 46.9 Å². The van der Waals surface area contributed by atoms with Gasteiger partial charge in [-0.15, -0.1) is 0 Å². The number of benzene rings is 1. The monoisotopic (exact) mass is 414 g/mol. The van der Waals surface area contributed by atoms with Crippen LogP contribution in [0.1, 0.15) is 39.5 Å². The van der Waals surface area contributed by atoms with Gasteiger partial charge in [-0.3, -0.25) is 4.79 Å². The van der Waals surface area contributed by atoms with Gasteiger partial charge in [0.15, 0.2) is 11.5 Å². The van der Waals surface area contributed by atoms with Crippen LogP contribution in [0.2, 0.25) is 0 Å². The Morgan fingerprint density at radius 2 is 1.54 bits per heavy atom. The largest absolute Gasteiger partial charge is 0.493 e. The topological polar surface area (TPSA) is 103 Å². The SMILES string of the molecule is COc1cc(NC(=O)[C@H]2CC[C@H](NS(=O)(=O)C(C)C)CC2)cc(OC)c1OC. The summed E-state index contributed by atoms with van der Waals surface area (Å²) >= 11 is 0. The van der Waals surface area contributed by atoms with Crippen molar-refractivity contribution in [1.29, 1.82) is 0 Å². The number of hydrogen-bond donors (Lipinski definition) is 2. The molecule has 0 radical (unpaired) electrons. The maximum Gasteiger partial charge on any atom is 0.227 e. The van der Waals surface area contributed by atoms with Gasteiger partial charge in [0, 0.05) is 29.8 Å². The van der Waals surface area contributed by atoms with Crippen molar-refractivity contribution in [3.8, 4) is 17.2 Å². The first kappa shape index (κ1) is 22.3. The predicted molar refractivity (Wildman–Crippen MR) is 108 cm³/mol. The lowest BCUT2D eigenvalue weighted by atomic mass is 9.86. The van der Waals surface area contributed by atoms with E-state index in [-0.39, 0.29) is 17.9 Å². The van der Waals surface area contributed by atoms with E-state index in [4.69, 9.17) is 14.2 Å². The normalized spacial score (nSPS) is 19.9. The second-order valence-corrected chi connectivity index (χ2v) is 9.43. The summed E-state index contributed by atoms with van der Waals surface area (Å²) in [6.45, 7) is 3.30. The Morgan fingerprint density at radius 1 is 1.00 bits per heavy atom. The molecule has 0 bridgehead atoms. The Bertz CT molecular complexity index is 761. The Kier molecular flexibility index (Phi) is 7.54. The van der Waals surface area contributed by atoms with Gasteiger partial charge in [-0.05, 0) is 39.5 Å². The van der Waals surface area contributed by atoms with Crippen molar-refractivity contribution in [2.24, 2.45) is 5.92 Å². The number of nitrogens with one attached hydrogen (secondary N) is 2. The molecule has 1 aromatic carbocycles. The third-order valence-electron chi connectivity index (χ3n) is 4.98. The van der Waals surface area contributed by atoms with Gasteiger partial charge in [-0.25, -0.2) is 13.1 Å². The molecule has 0 aliphatic heterocycles. The van der Waals surface area contributed by atoms with E-state index in [0.717, 1.165) is 0 Å². The van der Waals surface area contributed by atoms with Gasteiger partial charge in [0.05, 0.1) is 26.6 Å². The average Bonchev–Trinajstić information content (AvgIpc) is 2.67. The molecule has 0 aromatic heterocycles. The Balaban J connectivity index is 2.00. The van der Waals surface area contributed by atoms with Gasteiger partial charge in [-0.1, -0.05) is 0 Å². The molecule has 8 nitrogen and oxygen atoms in total. The van der Waals surface area contributed by atoms with Gasteiger partial charge in [0.25, 0.3) is 0 Å². The van der Waals surface area contributed by atoms with E-state index >= 15 is 0 Å². The van der Waals surface area contributed by atoms with Crippen LogP contribution in [0.4, 0.5) is 5.69 Å². The molecule has 9 heteroatoms. The standard InChI is InChI=1S/C19H30N2O6S/c1-12(2)28(23,24)21-14-8-6-13(7-9-14)19(22)20-15-10-16(25-3)18(27-5)17(11-15)26-4/h10-14,21H,6-9H2,1-5H3,(H,20,22)/t13-,14-. The van der Waals surface area contributed by atoms with Gasteiger partial charge < -0.3 is 19.5 Å². The Morgan fingerprint density at radius 3 is 1.96 bits per heavy atom. The zero-order chi connectivity index (χ0) is 20.9. The summed E-state index contributed by atoms with van der Waals surface area (Å²) in [5, 5.41) is 2.44. The smallest absolute Gasteiger partial charge is 0.227 e. The number of anilines is 1. The number of amides is 1. The first-order valence-electron chi connectivity index (χ1n) is 9.33. The van der Waals surface area contributed by atoms with Crippen molar-refractivity contribution >= 4 is 21.6 Å². The average molecular weight is 415 g/mol. The lowest BCUT2D eigenvalue weighted by Gasteiger charge is -2.29. The maximum atomic E-state index is 12.7. The number of sulfonamides is 1. The molecule has 1 aliphatic carbocycles. The fourth-order valence-electron chi connectivity index (χ4n) is 3.24. The lowest BCUT2D eigenvalue weighted by Crippen LogP contribution is -2.42. The number of carbonyl (C=O) groups is 1. The van der Waals surface area contributed by atoms with Crippen LogP contribution in [0, 0.1) is 5.92 Å². The van der Waals surface area contributed by atoms with Crippen LogP contribution >= 0.6 is 0 Å². The van der Waals surface area contributed by atoms with Crippen molar-refractivity contribution < 1.29 is 27.4 Å². The number of rotatable bonds is 8. The van der Waals surface area contributed by atoms with Gasteiger partial charge in [-0.2, -0.15) is 0 Å². The first-order valence-corrected chi connectivity index (χ1v) is 10.9. The molecule has 28 heavy (non-hydrogen) atoms. The molecule has 1 aromatic rings. The van der Waals surface area contributed by atoms with Crippen LogP contribution < -0.4 is 24.2 Å². The number of ether oxygens (including phenoxy) is 3. The lowest BCUT2D eigenvalue weighted by molar-refractivity contribution is -0.120. The molecule has 0 heterocycles. The second kappa shape index (κ2) is 9.47. The van der Waals surface area contributed by atoms with Crippen LogP contribution in [-0.2, 0) is 14.8 Å². The van der Waals surface area contributed by atoms with Crippen LogP contribution in [0.15, 0.2) is 12.1 Å². The number of hydrogen-bond acceptors (Lipinski definition) is 6. The summed E-state index contributed by atoms with van der Waals surface area (Å²) in [7, 11) is 1.25. The molecule has 2 N–H and O–H groups in total. The summed E-state index contributed by atoms with van der Waals surface area (Å²) in [6, 6.07) is 3.25. The molecular formula is C19H30N2O6S. The van der Waals surface area contributed by atoms with Crippen LogP contribution in [0.25, 0.3) is 0 Å². The minimum Gasteiger partial charge on any atom is -0.493 e. The van der Waals surface area contributed by atoms with E-state index in [1.54, 1.807) is 26.0 Å². The van der Waals surface area contributed by atoms with Crippen molar-refractivity contribution in [1.82, 2.24) is 4.72 Å². The predicted octanol–water partition coefficient (Wildman–Crippen LogP) is 2.54. The third-order valence-corrected chi connectivity index (χ3v) is 6.88. The van der Waals surface area contributed by atoms with Crippen molar-refractivity contribution in [2.75, 3.05) is 26.6 Å². The molecule has 1 amide bonds. The summed E-state index contributed by atoms with van der Waals surface area (Å²) in [6.07, 6.45) is 2.53. The highest BCUT2D eigenvalue weighted by atomic mass is 32.2. The van der Waals surface area contributed by atoms with Crippen molar-refractivity contribution in [3.05, 3.63) is 12.1 Å². The van der Waals surface area contributed by atoms with E-state index in [2.05, 4.69) is 10.0 Å². The highest BCUT2D eigenvalue weighted by molar-refractivity contribution is 7.90. The van der Waals surface area contributed by atoms with Crippen LogP contribution in [0.3, 0.4) is 0 Å². The fraction of sp³-hybridized carbons (Fsp3) is 0.632. The molecule has 1 aliphatic rings. The molecule has 0 atom stereocenters. The summed E-state index contributed by atoms with van der Waals surface area (Å²) in [5.74, 6) is 1.12. The molecular weight excluding hydrogens is 384 g/mol. The molecule has 0 spiro atoms. The zero-order valence-corrected chi connectivity index (χ0v) is 17.9. The molecule has 0 unspecified atom stereocenters. The summed E-state index contributed by atoms with van der Waals surface area (Å²) in [4.78, 5) is 12.7. The molecule has 2 rings (SSSR count). The van der Waals surface area contributed by atoms with E-state index < -0.39 is 15.3 Å². The van der Waals surface area contributed by atoms with E-state index in [1.165, 1.54) is 21.3 Å². The van der Waals surface area contributed by atoms with Crippen LogP contribution in [0.5, 0.6) is 17.2 Å². The maximum absolute atomic E-state index is 12.7. The van der Waals surface area contributed by atoms with E-state index in [9.17, 15) is 13.2 Å². The third kappa shape index (κ3) is 5.29. The van der Waals surface area contributed by atoms with Gasteiger partial charge in [0.2, 0.25) is 21.7 Å². The van der Waals surface area contributed by atoms with Gasteiger partial charge in [0.1, 0.15) is 0 Å². The highest BCUT2D eigenvalue weighted by Crippen LogP contribution is 2.40. The number of methoxy groups -OCH3 is 3.